The van der Waals surface area contributed by atoms with E-state index in [0.29, 0.717) is 28.3 Å². The van der Waals surface area contributed by atoms with Gasteiger partial charge in [0, 0.05) is 11.6 Å². The first-order valence-electron chi connectivity index (χ1n) is 11.3. The fourth-order valence-electron chi connectivity index (χ4n) is 4.21. The molecular weight excluding hydrogens is 476 g/mol. The number of nitriles is 1. The molecule has 6 nitrogen and oxygen atoms in total. The third kappa shape index (κ3) is 4.67. The number of alkyl halides is 2. The van der Waals surface area contributed by atoms with Crippen molar-refractivity contribution >= 4 is 28.8 Å². The van der Waals surface area contributed by atoms with Gasteiger partial charge in [0.1, 0.15) is 28.9 Å². The van der Waals surface area contributed by atoms with Gasteiger partial charge in [0.05, 0.1) is 30.9 Å². The third-order valence-electron chi connectivity index (χ3n) is 5.93. The monoisotopic (exact) mass is 497 g/mol. The Bertz CT molecular complexity index is 1650. The summed E-state index contributed by atoms with van der Waals surface area (Å²) in [5.74, 6) is 1.32. The normalized spacial score (nSPS) is 11.4. The second-order valence-corrected chi connectivity index (χ2v) is 8.11. The molecule has 0 bridgehead atoms. The molecule has 0 saturated heterocycles. The van der Waals surface area contributed by atoms with Crippen molar-refractivity contribution in [1.29, 1.82) is 5.26 Å². The Labute approximate surface area is 211 Å². The second-order valence-electron chi connectivity index (χ2n) is 8.11. The van der Waals surface area contributed by atoms with Gasteiger partial charge in [-0.2, -0.15) is 14.0 Å². The molecule has 2 heterocycles. The van der Waals surface area contributed by atoms with Gasteiger partial charge < -0.3 is 14.2 Å². The first kappa shape index (κ1) is 23.8. The molecule has 3 aromatic carbocycles. The van der Waals surface area contributed by atoms with Gasteiger partial charge >= 0.3 is 6.61 Å². The average Bonchev–Trinajstić information content (AvgIpc) is 3.30. The number of rotatable bonds is 7. The predicted octanol–water partition coefficient (Wildman–Crippen LogP) is 6.82. The molecule has 184 valence electrons. The standard InChI is InChI=1S/C29H21F2N3O3/c1-35-22-13-20(14-23(16-22)36-2)27-15-19(10-7-18-8-11-21(12-9-18)37-29(30)31)24(17-32)28-33-25-5-3-4-6-26(25)34(27)28/h3-16,29H,1-2H3/b10-7+. The van der Waals surface area contributed by atoms with Crippen LogP contribution in [-0.4, -0.2) is 30.2 Å². The molecular formula is C29H21F2N3O3. The predicted molar refractivity (Wildman–Crippen MR) is 138 cm³/mol. The lowest BCUT2D eigenvalue weighted by molar-refractivity contribution is -0.0498. The van der Waals surface area contributed by atoms with E-state index in [1.807, 2.05) is 52.9 Å². The highest BCUT2D eigenvalue weighted by atomic mass is 19.3. The van der Waals surface area contributed by atoms with Crippen LogP contribution in [-0.2, 0) is 0 Å². The van der Waals surface area contributed by atoms with Gasteiger partial charge in [-0.1, -0.05) is 36.4 Å². The van der Waals surface area contributed by atoms with Gasteiger partial charge in [0.25, 0.3) is 0 Å². The molecule has 0 amide bonds. The van der Waals surface area contributed by atoms with Crippen LogP contribution >= 0.6 is 0 Å². The van der Waals surface area contributed by atoms with E-state index in [9.17, 15) is 14.0 Å². The number of para-hydroxylation sites is 2. The molecule has 0 atom stereocenters. The Balaban J connectivity index is 1.71. The van der Waals surface area contributed by atoms with Crippen LogP contribution < -0.4 is 14.2 Å². The lowest BCUT2D eigenvalue weighted by Gasteiger charge is -2.13. The minimum absolute atomic E-state index is 0.0737. The van der Waals surface area contributed by atoms with Gasteiger partial charge in [-0.05, 0) is 53.6 Å². The summed E-state index contributed by atoms with van der Waals surface area (Å²) in [4.78, 5) is 4.77. The van der Waals surface area contributed by atoms with E-state index in [2.05, 4.69) is 10.8 Å². The molecule has 5 aromatic rings. The molecule has 5 rings (SSSR count). The highest BCUT2D eigenvalue weighted by molar-refractivity contribution is 5.89. The zero-order chi connectivity index (χ0) is 25.9. The summed E-state index contributed by atoms with van der Waals surface area (Å²) in [5.41, 5.74) is 5.55. The fraction of sp³-hybridized carbons (Fsp3) is 0.103. The van der Waals surface area contributed by atoms with Crippen LogP contribution in [0, 0.1) is 11.3 Å². The maximum Gasteiger partial charge on any atom is 0.387 e. The van der Waals surface area contributed by atoms with Crippen LogP contribution in [0.2, 0.25) is 0 Å². The van der Waals surface area contributed by atoms with Gasteiger partial charge in [0.15, 0.2) is 5.65 Å². The van der Waals surface area contributed by atoms with E-state index in [-0.39, 0.29) is 5.75 Å². The molecule has 0 aliphatic heterocycles. The fourth-order valence-corrected chi connectivity index (χ4v) is 4.21. The average molecular weight is 498 g/mol. The quantitative estimate of drug-likeness (QED) is 0.247. The number of benzene rings is 3. The van der Waals surface area contributed by atoms with Crippen molar-refractivity contribution in [1.82, 2.24) is 9.38 Å². The summed E-state index contributed by atoms with van der Waals surface area (Å²) in [7, 11) is 3.18. The van der Waals surface area contributed by atoms with E-state index < -0.39 is 6.61 Å². The summed E-state index contributed by atoms with van der Waals surface area (Å²) in [6, 6.07) is 23.7. The third-order valence-corrected chi connectivity index (χ3v) is 5.93. The van der Waals surface area contributed by atoms with E-state index >= 15 is 0 Å². The number of hydrogen-bond acceptors (Lipinski definition) is 5. The van der Waals surface area contributed by atoms with Crippen LogP contribution in [0.1, 0.15) is 16.7 Å². The lowest BCUT2D eigenvalue weighted by atomic mass is 10.0. The molecule has 0 saturated carbocycles. The summed E-state index contributed by atoms with van der Waals surface area (Å²) >= 11 is 0. The minimum Gasteiger partial charge on any atom is -0.497 e. The molecule has 0 spiro atoms. The Morgan fingerprint density at radius 2 is 1.59 bits per heavy atom. The number of nitrogens with zero attached hydrogens (tertiary/aromatic N) is 3. The van der Waals surface area contributed by atoms with Gasteiger partial charge in [-0.3, -0.25) is 4.40 Å². The first-order chi connectivity index (χ1) is 18.0. The van der Waals surface area contributed by atoms with Crippen LogP contribution in [0.5, 0.6) is 17.2 Å². The largest absolute Gasteiger partial charge is 0.497 e. The number of halogens is 2. The van der Waals surface area contributed by atoms with Crippen molar-refractivity contribution in [3.63, 3.8) is 0 Å². The molecule has 0 unspecified atom stereocenters. The maximum atomic E-state index is 12.5. The molecule has 2 aromatic heterocycles. The summed E-state index contributed by atoms with van der Waals surface area (Å²) in [5, 5.41) is 10.1. The van der Waals surface area contributed by atoms with Crippen molar-refractivity contribution < 1.29 is 23.0 Å². The number of methoxy groups -OCH3 is 2. The zero-order valence-electron chi connectivity index (χ0n) is 20.0. The second kappa shape index (κ2) is 9.99. The van der Waals surface area contributed by atoms with Crippen molar-refractivity contribution in [3.05, 3.63) is 89.5 Å². The molecule has 0 aliphatic rings. The highest BCUT2D eigenvalue weighted by Crippen LogP contribution is 2.35. The number of aromatic nitrogens is 2. The van der Waals surface area contributed by atoms with Crippen molar-refractivity contribution in [3.8, 4) is 34.6 Å². The Morgan fingerprint density at radius 1 is 0.892 bits per heavy atom. The topological polar surface area (TPSA) is 68.8 Å². The van der Waals surface area contributed by atoms with Gasteiger partial charge in [-0.15, -0.1) is 0 Å². The maximum absolute atomic E-state index is 12.5. The Hall–Kier alpha value is -4.90. The zero-order valence-corrected chi connectivity index (χ0v) is 20.0. The Kier molecular flexibility index (Phi) is 6.43. The first-order valence-corrected chi connectivity index (χ1v) is 11.3. The van der Waals surface area contributed by atoms with Crippen LogP contribution in [0.15, 0.2) is 72.8 Å². The lowest BCUT2D eigenvalue weighted by Crippen LogP contribution is -2.01. The van der Waals surface area contributed by atoms with Crippen molar-refractivity contribution in [2.75, 3.05) is 14.2 Å². The number of fused-ring (bicyclic) bond motifs is 3. The van der Waals surface area contributed by atoms with E-state index in [1.165, 1.54) is 12.1 Å². The van der Waals surface area contributed by atoms with E-state index in [0.717, 1.165) is 27.9 Å². The number of imidazole rings is 1. The molecule has 0 aliphatic carbocycles. The van der Waals surface area contributed by atoms with E-state index in [4.69, 9.17) is 14.5 Å². The van der Waals surface area contributed by atoms with Crippen LogP contribution in [0.4, 0.5) is 8.78 Å². The van der Waals surface area contributed by atoms with E-state index in [1.54, 1.807) is 38.5 Å². The molecule has 0 radical (unpaired) electrons. The van der Waals surface area contributed by atoms with Crippen molar-refractivity contribution in [2.45, 2.75) is 6.61 Å². The van der Waals surface area contributed by atoms with Crippen LogP contribution in [0.3, 0.4) is 0 Å². The number of hydrogen-bond donors (Lipinski definition) is 0. The summed E-state index contributed by atoms with van der Waals surface area (Å²) in [6.45, 7) is -2.88. The molecule has 8 heteroatoms. The molecule has 0 fully saturated rings. The molecule has 37 heavy (non-hydrogen) atoms. The van der Waals surface area contributed by atoms with Crippen molar-refractivity contribution in [2.24, 2.45) is 0 Å². The smallest absolute Gasteiger partial charge is 0.387 e. The number of ether oxygens (including phenoxy) is 3. The van der Waals surface area contributed by atoms with Gasteiger partial charge in [-0.25, -0.2) is 4.98 Å². The van der Waals surface area contributed by atoms with Gasteiger partial charge in [0.2, 0.25) is 0 Å². The minimum atomic E-state index is -2.88. The molecule has 0 N–H and O–H groups in total. The SMILES string of the molecule is COc1cc(OC)cc(-c2cc(/C=C/c3ccc(OC(F)F)cc3)c(C#N)c3nc4ccccc4n23)c1. The summed E-state index contributed by atoms with van der Waals surface area (Å²) < 4.78 is 42.3. The summed E-state index contributed by atoms with van der Waals surface area (Å²) in [6.07, 6.45) is 3.61. The highest BCUT2D eigenvalue weighted by Gasteiger charge is 2.18. The number of pyridine rings is 1. The van der Waals surface area contributed by atoms with Crippen LogP contribution in [0.25, 0.3) is 40.1 Å². The Morgan fingerprint density at radius 3 is 2.24 bits per heavy atom.